The second-order valence-electron chi connectivity index (χ2n) is 4.86. The van der Waals surface area contributed by atoms with Crippen LogP contribution in [0.3, 0.4) is 0 Å². The van der Waals surface area contributed by atoms with E-state index in [0.717, 1.165) is 21.9 Å². The number of halogens is 1. The van der Waals surface area contributed by atoms with E-state index in [1.54, 1.807) is 19.2 Å². The van der Waals surface area contributed by atoms with Crippen LogP contribution in [-0.2, 0) is 0 Å². The van der Waals surface area contributed by atoms with Crippen LogP contribution in [0.2, 0.25) is 5.02 Å². The monoisotopic (exact) mass is 298 g/mol. The topological polar surface area (TPSA) is 29.5 Å². The quantitative estimate of drug-likeness (QED) is 0.766. The van der Waals surface area contributed by atoms with Crippen molar-refractivity contribution >= 4 is 22.4 Å². The maximum Gasteiger partial charge on any atom is 0.137 e. The molecule has 0 aromatic heterocycles. The van der Waals surface area contributed by atoms with Gasteiger partial charge in [-0.15, -0.1) is 0 Å². The third-order valence-electron chi connectivity index (χ3n) is 3.61. The van der Waals surface area contributed by atoms with Crippen molar-refractivity contribution in [3.63, 3.8) is 0 Å². The van der Waals surface area contributed by atoms with E-state index >= 15 is 0 Å². The minimum atomic E-state index is -0.723. The molecule has 0 radical (unpaired) electrons. The molecule has 2 nitrogen and oxygen atoms in total. The smallest absolute Gasteiger partial charge is 0.137 e. The average Bonchev–Trinajstić information content (AvgIpc) is 2.53. The van der Waals surface area contributed by atoms with Gasteiger partial charge in [0.15, 0.2) is 0 Å². The zero-order valence-electron chi connectivity index (χ0n) is 11.6. The SMILES string of the molecule is COc1ccc(C(O)c2cccc3ccccc23)cc1Cl. The molecule has 3 rings (SSSR count). The minimum absolute atomic E-state index is 0.495. The molecule has 0 aliphatic heterocycles. The van der Waals surface area contributed by atoms with Crippen LogP contribution < -0.4 is 4.74 Å². The van der Waals surface area contributed by atoms with Crippen molar-refractivity contribution in [1.29, 1.82) is 0 Å². The van der Waals surface area contributed by atoms with E-state index in [2.05, 4.69) is 0 Å². The van der Waals surface area contributed by atoms with Gasteiger partial charge in [0.1, 0.15) is 11.9 Å². The van der Waals surface area contributed by atoms with E-state index in [1.165, 1.54) is 0 Å². The molecule has 1 atom stereocenters. The molecular weight excluding hydrogens is 284 g/mol. The van der Waals surface area contributed by atoms with Crippen molar-refractivity contribution in [2.45, 2.75) is 6.10 Å². The number of methoxy groups -OCH3 is 1. The summed E-state index contributed by atoms with van der Waals surface area (Å²) in [5, 5.41) is 13.3. The summed E-state index contributed by atoms with van der Waals surface area (Å²) in [5.74, 6) is 0.602. The maximum absolute atomic E-state index is 10.7. The Morgan fingerprint density at radius 2 is 1.76 bits per heavy atom. The molecular formula is C18H15ClO2. The number of hydrogen-bond acceptors (Lipinski definition) is 2. The van der Waals surface area contributed by atoms with Gasteiger partial charge in [-0.25, -0.2) is 0 Å². The Kier molecular flexibility index (Phi) is 3.82. The highest BCUT2D eigenvalue weighted by atomic mass is 35.5. The minimum Gasteiger partial charge on any atom is -0.495 e. The van der Waals surface area contributed by atoms with Gasteiger partial charge >= 0.3 is 0 Å². The lowest BCUT2D eigenvalue weighted by atomic mass is 9.96. The predicted molar refractivity (Wildman–Crippen MR) is 86.0 cm³/mol. The van der Waals surface area contributed by atoms with Crippen molar-refractivity contribution in [3.8, 4) is 5.75 Å². The second-order valence-corrected chi connectivity index (χ2v) is 5.27. The Bertz CT molecular complexity index is 778. The van der Waals surface area contributed by atoms with E-state index in [4.69, 9.17) is 16.3 Å². The number of benzene rings is 3. The highest BCUT2D eigenvalue weighted by Crippen LogP contribution is 2.33. The Balaban J connectivity index is 2.08. The summed E-state index contributed by atoms with van der Waals surface area (Å²) in [6.45, 7) is 0. The normalized spacial score (nSPS) is 12.3. The molecule has 0 heterocycles. The first-order valence-corrected chi connectivity index (χ1v) is 7.07. The Morgan fingerprint density at radius 3 is 2.52 bits per heavy atom. The van der Waals surface area contributed by atoms with Gasteiger partial charge in [0.2, 0.25) is 0 Å². The Labute approximate surface area is 128 Å². The van der Waals surface area contributed by atoms with Crippen LogP contribution in [0.25, 0.3) is 10.8 Å². The van der Waals surface area contributed by atoms with Crippen LogP contribution in [0.1, 0.15) is 17.2 Å². The lowest BCUT2D eigenvalue weighted by Gasteiger charge is -2.15. The largest absolute Gasteiger partial charge is 0.495 e. The van der Waals surface area contributed by atoms with E-state index in [1.807, 2.05) is 48.5 Å². The van der Waals surface area contributed by atoms with Gasteiger partial charge in [0, 0.05) is 0 Å². The fourth-order valence-corrected chi connectivity index (χ4v) is 2.79. The van der Waals surface area contributed by atoms with Crippen molar-refractivity contribution < 1.29 is 9.84 Å². The highest BCUT2D eigenvalue weighted by molar-refractivity contribution is 6.32. The lowest BCUT2D eigenvalue weighted by Crippen LogP contribution is -2.01. The molecule has 3 aromatic carbocycles. The van der Waals surface area contributed by atoms with Crippen molar-refractivity contribution in [2.75, 3.05) is 7.11 Å². The summed E-state index contributed by atoms with van der Waals surface area (Å²) >= 11 is 6.14. The second kappa shape index (κ2) is 5.76. The van der Waals surface area contributed by atoms with Gasteiger partial charge in [-0.1, -0.05) is 60.1 Å². The first-order chi connectivity index (χ1) is 10.2. The summed E-state index contributed by atoms with van der Waals surface area (Å²) in [5.41, 5.74) is 1.62. The van der Waals surface area contributed by atoms with E-state index < -0.39 is 6.10 Å². The fourth-order valence-electron chi connectivity index (χ4n) is 2.52. The Morgan fingerprint density at radius 1 is 1.00 bits per heavy atom. The van der Waals surface area contributed by atoms with E-state index in [-0.39, 0.29) is 0 Å². The fraction of sp³-hybridized carbons (Fsp3) is 0.111. The zero-order valence-corrected chi connectivity index (χ0v) is 12.3. The zero-order chi connectivity index (χ0) is 14.8. The number of aliphatic hydroxyl groups excluding tert-OH is 1. The van der Waals surface area contributed by atoms with Crippen molar-refractivity contribution in [1.82, 2.24) is 0 Å². The molecule has 0 aliphatic rings. The van der Waals surface area contributed by atoms with E-state index in [0.29, 0.717) is 10.8 Å². The molecule has 0 aliphatic carbocycles. The molecule has 0 spiro atoms. The summed E-state index contributed by atoms with van der Waals surface area (Å²) in [6, 6.07) is 19.3. The number of hydrogen-bond donors (Lipinski definition) is 1. The Hall–Kier alpha value is -2.03. The molecule has 3 heteroatoms. The van der Waals surface area contributed by atoms with Gasteiger partial charge in [0.25, 0.3) is 0 Å². The number of rotatable bonds is 3. The summed E-state index contributed by atoms with van der Waals surface area (Å²) in [6.07, 6.45) is -0.723. The number of fused-ring (bicyclic) bond motifs is 1. The van der Waals surface area contributed by atoms with Gasteiger partial charge in [0.05, 0.1) is 12.1 Å². The van der Waals surface area contributed by atoms with Crippen molar-refractivity contribution in [3.05, 3.63) is 76.8 Å². The first kappa shape index (κ1) is 13.9. The molecule has 0 saturated heterocycles. The third-order valence-corrected chi connectivity index (χ3v) is 3.90. The average molecular weight is 299 g/mol. The van der Waals surface area contributed by atoms with Crippen LogP contribution >= 0.6 is 11.6 Å². The summed E-state index contributed by atoms with van der Waals surface area (Å²) in [4.78, 5) is 0. The maximum atomic E-state index is 10.7. The standard InChI is InChI=1S/C18H15ClO2/c1-21-17-10-9-13(11-16(17)19)18(20)15-8-4-6-12-5-2-3-7-14(12)15/h2-11,18,20H,1H3. The molecule has 1 N–H and O–H groups in total. The van der Waals surface area contributed by atoms with Gasteiger partial charge < -0.3 is 9.84 Å². The molecule has 106 valence electrons. The molecule has 0 amide bonds. The van der Waals surface area contributed by atoms with Crippen LogP contribution in [0.4, 0.5) is 0 Å². The molecule has 0 fully saturated rings. The molecule has 21 heavy (non-hydrogen) atoms. The molecule has 0 bridgehead atoms. The third kappa shape index (κ3) is 2.60. The van der Waals surface area contributed by atoms with Crippen LogP contribution in [0, 0.1) is 0 Å². The number of aliphatic hydroxyl groups is 1. The highest BCUT2D eigenvalue weighted by Gasteiger charge is 2.15. The summed E-state index contributed by atoms with van der Waals surface area (Å²) < 4.78 is 5.14. The van der Waals surface area contributed by atoms with Gasteiger partial charge in [-0.05, 0) is 34.0 Å². The van der Waals surface area contributed by atoms with E-state index in [9.17, 15) is 5.11 Å². The summed E-state index contributed by atoms with van der Waals surface area (Å²) in [7, 11) is 1.57. The lowest BCUT2D eigenvalue weighted by molar-refractivity contribution is 0.222. The molecule has 1 unspecified atom stereocenters. The van der Waals surface area contributed by atoms with Crippen LogP contribution in [0.15, 0.2) is 60.7 Å². The van der Waals surface area contributed by atoms with Gasteiger partial charge in [-0.2, -0.15) is 0 Å². The van der Waals surface area contributed by atoms with Crippen LogP contribution in [-0.4, -0.2) is 12.2 Å². The number of ether oxygens (including phenoxy) is 1. The van der Waals surface area contributed by atoms with Crippen LogP contribution in [0.5, 0.6) is 5.75 Å². The molecule has 3 aromatic rings. The first-order valence-electron chi connectivity index (χ1n) is 6.70. The predicted octanol–water partition coefficient (Wildman–Crippen LogP) is 4.58. The van der Waals surface area contributed by atoms with Gasteiger partial charge in [-0.3, -0.25) is 0 Å². The van der Waals surface area contributed by atoms with Crippen molar-refractivity contribution in [2.24, 2.45) is 0 Å². The molecule has 0 saturated carbocycles.